The SMILES string of the molecule is CCOC(=O)C1=C(C)NC2=C(C(=O)CC(C)(C)C2)[C@@H]1c1cccc(Br)n1. The number of allylic oxidation sites excluding steroid dienone is 3. The maximum atomic E-state index is 13.0. The minimum Gasteiger partial charge on any atom is -0.463 e. The normalized spacial score (nSPS) is 22.0. The van der Waals surface area contributed by atoms with Crippen LogP contribution in [0.3, 0.4) is 0 Å². The molecular weight excluding hydrogens is 396 g/mol. The lowest BCUT2D eigenvalue weighted by molar-refractivity contribution is -0.138. The highest BCUT2D eigenvalue weighted by Gasteiger charge is 2.43. The summed E-state index contributed by atoms with van der Waals surface area (Å²) >= 11 is 3.39. The zero-order chi connectivity index (χ0) is 19.1. The van der Waals surface area contributed by atoms with Gasteiger partial charge in [-0.1, -0.05) is 19.9 Å². The molecule has 0 bridgehead atoms. The molecule has 5 nitrogen and oxygen atoms in total. The Morgan fingerprint density at radius 1 is 1.38 bits per heavy atom. The molecule has 26 heavy (non-hydrogen) atoms. The fraction of sp³-hybridized carbons (Fsp3) is 0.450. The smallest absolute Gasteiger partial charge is 0.336 e. The molecule has 3 rings (SSSR count). The summed E-state index contributed by atoms with van der Waals surface area (Å²) in [6.45, 7) is 8.08. The molecule has 0 spiro atoms. The number of nitrogens with one attached hydrogen (secondary N) is 1. The molecule has 0 saturated carbocycles. The van der Waals surface area contributed by atoms with Crippen molar-refractivity contribution in [2.24, 2.45) is 5.41 Å². The first-order chi connectivity index (χ1) is 12.2. The first-order valence-electron chi connectivity index (χ1n) is 8.77. The number of dihydropyridines is 1. The van der Waals surface area contributed by atoms with Crippen LogP contribution < -0.4 is 5.32 Å². The molecule has 1 aromatic rings. The van der Waals surface area contributed by atoms with Crippen LogP contribution in [0.4, 0.5) is 0 Å². The van der Waals surface area contributed by atoms with E-state index in [0.29, 0.717) is 27.9 Å². The van der Waals surface area contributed by atoms with Crippen LogP contribution in [-0.4, -0.2) is 23.3 Å². The number of ether oxygens (including phenoxy) is 1. The number of pyridine rings is 1. The van der Waals surface area contributed by atoms with Crippen LogP contribution in [-0.2, 0) is 14.3 Å². The van der Waals surface area contributed by atoms with Gasteiger partial charge in [-0.15, -0.1) is 0 Å². The first kappa shape index (κ1) is 18.8. The molecule has 1 N–H and O–H groups in total. The number of carbonyl (C=O) groups is 2. The zero-order valence-electron chi connectivity index (χ0n) is 15.5. The predicted octanol–water partition coefficient (Wildman–Crippen LogP) is 4.01. The molecule has 1 aromatic heterocycles. The third kappa shape index (κ3) is 3.47. The van der Waals surface area contributed by atoms with Crippen LogP contribution in [0, 0.1) is 5.41 Å². The van der Waals surface area contributed by atoms with Crippen LogP contribution in [0.25, 0.3) is 0 Å². The third-order valence-electron chi connectivity index (χ3n) is 4.77. The van der Waals surface area contributed by atoms with Gasteiger partial charge in [-0.3, -0.25) is 4.79 Å². The number of carbonyl (C=O) groups excluding carboxylic acids is 2. The van der Waals surface area contributed by atoms with E-state index >= 15 is 0 Å². The number of hydrogen-bond acceptors (Lipinski definition) is 5. The van der Waals surface area contributed by atoms with Gasteiger partial charge in [0.2, 0.25) is 0 Å². The molecule has 0 radical (unpaired) electrons. The maximum Gasteiger partial charge on any atom is 0.336 e. The summed E-state index contributed by atoms with van der Waals surface area (Å²) in [6.07, 6.45) is 1.21. The average Bonchev–Trinajstić information content (AvgIpc) is 2.52. The van der Waals surface area contributed by atoms with Gasteiger partial charge in [0.25, 0.3) is 0 Å². The Morgan fingerprint density at radius 3 is 2.77 bits per heavy atom. The summed E-state index contributed by atoms with van der Waals surface area (Å²) in [7, 11) is 0. The third-order valence-corrected chi connectivity index (χ3v) is 5.21. The van der Waals surface area contributed by atoms with Crippen LogP contribution in [0.15, 0.2) is 45.3 Å². The maximum absolute atomic E-state index is 13.0. The summed E-state index contributed by atoms with van der Waals surface area (Å²) in [5, 5.41) is 3.31. The van der Waals surface area contributed by atoms with Gasteiger partial charge in [-0.05, 0) is 53.7 Å². The average molecular weight is 419 g/mol. The highest BCUT2D eigenvalue weighted by Crippen LogP contribution is 2.46. The van der Waals surface area contributed by atoms with Crippen LogP contribution in [0.1, 0.15) is 52.1 Å². The number of esters is 1. The Bertz CT molecular complexity index is 839. The Morgan fingerprint density at radius 2 is 2.12 bits per heavy atom. The minimum atomic E-state index is -0.508. The zero-order valence-corrected chi connectivity index (χ0v) is 17.1. The van der Waals surface area contributed by atoms with Crippen molar-refractivity contribution in [1.29, 1.82) is 0 Å². The highest BCUT2D eigenvalue weighted by molar-refractivity contribution is 9.10. The lowest BCUT2D eigenvalue weighted by Crippen LogP contribution is -2.39. The Hall–Kier alpha value is -1.95. The summed E-state index contributed by atoms with van der Waals surface area (Å²) in [6, 6.07) is 5.54. The standard InChI is InChI=1S/C20H23BrN2O3/c1-5-26-19(25)16-11(2)22-13-9-20(3,4)10-14(24)17(13)18(16)12-7-6-8-15(21)23-12/h6-8,18,22H,5,9-10H2,1-4H3/t18-/m1/s1. The molecule has 0 saturated heterocycles. The topological polar surface area (TPSA) is 68.3 Å². The second-order valence-electron chi connectivity index (χ2n) is 7.54. The molecule has 0 unspecified atom stereocenters. The van der Waals surface area contributed by atoms with E-state index < -0.39 is 11.9 Å². The fourth-order valence-electron chi connectivity index (χ4n) is 3.80. The number of ketones is 1. The van der Waals surface area contributed by atoms with Crippen LogP contribution >= 0.6 is 15.9 Å². The number of halogens is 1. The number of rotatable bonds is 3. The van der Waals surface area contributed by atoms with E-state index in [1.54, 1.807) is 6.92 Å². The molecule has 1 aliphatic heterocycles. The van der Waals surface area contributed by atoms with Crippen molar-refractivity contribution >= 4 is 27.7 Å². The van der Waals surface area contributed by atoms with Gasteiger partial charge >= 0.3 is 5.97 Å². The molecule has 0 amide bonds. The van der Waals surface area contributed by atoms with E-state index in [1.165, 1.54) is 0 Å². The minimum absolute atomic E-state index is 0.0600. The molecule has 138 valence electrons. The van der Waals surface area contributed by atoms with Gasteiger partial charge in [0.1, 0.15) is 4.60 Å². The van der Waals surface area contributed by atoms with E-state index in [0.717, 1.165) is 17.8 Å². The summed E-state index contributed by atoms with van der Waals surface area (Å²) in [4.78, 5) is 30.3. The molecule has 0 aromatic carbocycles. The van der Waals surface area contributed by atoms with E-state index in [1.807, 2.05) is 25.1 Å². The number of Topliss-reactive ketones (excluding diaryl/α,β-unsaturated/α-hetero) is 1. The summed E-state index contributed by atoms with van der Waals surface area (Å²) < 4.78 is 5.95. The van der Waals surface area contributed by atoms with Gasteiger partial charge in [0.15, 0.2) is 5.78 Å². The van der Waals surface area contributed by atoms with Crippen LogP contribution in [0.5, 0.6) is 0 Å². The van der Waals surface area contributed by atoms with Gasteiger partial charge < -0.3 is 10.1 Å². The Balaban J connectivity index is 2.18. The van der Waals surface area contributed by atoms with Crippen molar-refractivity contribution in [3.05, 3.63) is 51.0 Å². The van der Waals surface area contributed by atoms with Crippen molar-refractivity contribution in [1.82, 2.24) is 10.3 Å². The Labute approximate surface area is 162 Å². The second-order valence-corrected chi connectivity index (χ2v) is 8.35. The van der Waals surface area contributed by atoms with Crippen molar-refractivity contribution < 1.29 is 14.3 Å². The second kappa shape index (κ2) is 6.99. The van der Waals surface area contributed by atoms with E-state index in [4.69, 9.17) is 4.74 Å². The molecule has 1 aliphatic carbocycles. The van der Waals surface area contributed by atoms with Crippen molar-refractivity contribution in [3.63, 3.8) is 0 Å². The van der Waals surface area contributed by atoms with E-state index in [2.05, 4.69) is 40.1 Å². The van der Waals surface area contributed by atoms with E-state index in [-0.39, 0.29) is 17.8 Å². The number of hydrogen-bond donors (Lipinski definition) is 1. The quantitative estimate of drug-likeness (QED) is 0.592. The highest BCUT2D eigenvalue weighted by atomic mass is 79.9. The van der Waals surface area contributed by atoms with Crippen LogP contribution in [0.2, 0.25) is 0 Å². The number of aromatic nitrogens is 1. The van der Waals surface area contributed by atoms with E-state index in [9.17, 15) is 9.59 Å². The molecule has 0 fully saturated rings. The van der Waals surface area contributed by atoms with Crippen molar-refractivity contribution in [2.45, 2.75) is 46.5 Å². The van der Waals surface area contributed by atoms with Crippen molar-refractivity contribution in [3.8, 4) is 0 Å². The summed E-state index contributed by atoms with van der Waals surface area (Å²) in [5.74, 6) is -0.857. The largest absolute Gasteiger partial charge is 0.463 e. The fourth-order valence-corrected chi connectivity index (χ4v) is 4.15. The van der Waals surface area contributed by atoms with Gasteiger partial charge in [0.05, 0.1) is 23.8 Å². The Kier molecular flexibility index (Phi) is 5.06. The molecular formula is C20H23BrN2O3. The molecule has 1 atom stereocenters. The lowest BCUT2D eigenvalue weighted by atomic mass is 9.69. The molecule has 2 heterocycles. The monoisotopic (exact) mass is 418 g/mol. The first-order valence-corrected chi connectivity index (χ1v) is 9.56. The van der Waals surface area contributed by atoms with Gasteiger partial charge in [-0.25, -0.2) is 9.78 Å². The van der Waals surface area contributed by atoms with Gasteiger partial charge in [0, 0.05) is 23.4 Å². The predicted molar refractivity (Wildman–Crippen MR) is 102 cm³/mol. The number of nitrogens with zero attached hydrogens (tertiary/aromatic N) is 1. The van der Waals surface area contributed by atoms with Gasteiger partial charge in [-0.2, -0.15) is 0 Å². The van der Waals surface area contributed by atoms with Crippen molar-refractivity contribution in [2.75, 3.05) is 6.61 Å². The summed E-state index contributed by atoms with van der Waals surface area (Å²) in [5.41, 5.74) is 3.28. The lowest BCUT2D eigenvalue weighted by Gasteiger charge is -2.39. The molecule has 6 heteroatoms. The molecule has 2 aliphatic rings.